The molecule has 1 fully saturated rings. The zero-order valence-electron chi connectivity index (χ0n) is 10.3. The molecule has 0 amide bonds. The topological polar surface area (TPSA) is 66.0 Å². The monoisotopic (exact) mass is 238 g/mol. The van der Waals surface area contributed by atoms with Gasteiger partial charge in [0.2, 0.25) is 0 Å². The predicted molar refractivity (Wildman–Crippen MR) is 65.3 cm³/mol. The Balaban J connectivity index is 1.62. The van der Waals surface area contributed by atoms with Crippen LogP contribution >= 0.6 is 0 Å². The van der Waals surface area contributed by atoms with Gasteiger partial charge in [0.25, 0.3) is 0 Å². The first-order chi connectivity index (χ1) is 8.40. The van der Waals surface area contributed by atoms with Crippen molar-refractivity contribution in [1.29, 1.82) is 0 Å². The van der Waals surface area contributed by atoms with Crippen molar-refractivity contribution in [1.82, 2.24) is 14.8 Å². The van der Waals surface area contributed by atoms with E-state index in [9.17, 15) is 0 Å². The Labute approximate surface area is 102 Å². The van der Waals surface area contributed by atoms with E-state index in [0.29, 0.717) is 6.54 Å². The van der Waals surface area contributed by atoms with E-state index in [4.69, 9.17) is 10.5 Å². The Morgan fingerprint density at radius 1 is 1.35 bits per heavy atom. The lowest BCUT2D eigenvalue weighted by Crippen LogP contribution is -2.16. The van der Waals surface area contributed by atoms with Gasteiger partial charge in [-0.25, -0.2) is 9.67 Å². The van der Waals surface area contributed by atoms with Crippen molar-refractivity contribution >= 4 is 0 Å². The molecule has 0 atom stereocenters. The lowest BCUT2D eigenvalue weighted by atomic mass is 9.94. The molecule has 0 aromatic carbocycles. The van der Waals surface area contributed by atoms with Crippen LogP contribution in [0.25, 0.3) is 0 Å². The maximum atomic E-state index is 5.58. The third-order valence-electron chi connectivity index (χ3n) is 3.45. The average molecular weight is 238 g/mol. The van der Waals surface area contributed by atoms with Crippen molar-refractivity contribution in [3.05, 3.63) is 12.2 Å². The van der Waals surface area contributed by atoms with Crippen LogP contribution in [-0.4, -0.2) is 28.0 Å². The fourth-order valence-electron chi connectivity index (χ4n) is 2.36. The van der Waals surface area contributed by atoms with E-state index in [1.165, 1.54) is 25.7 Å². The fourth-order valence-corrected chi connectivity index (χ4v) is 2.36. The molecule has 1 aliphatic rings. The summed E-state index contributed by atoms with van der Waals surface area (Å²) in [4.78, 5) is 4.11. The zero-order valence-corrected chi connectivity index (χ0v) is 10.3. The van der Waals surface area contributed by atoms with Crippen molar-refractivity contribution in [2.45, 2.75) is 45.2 Å². The molecular formula is C12H22N4O. The number of nitrogens with zero attached hydrogens (tertiary/aromatic N) is 3. The van der Waals surface area contributed by atoms with Crippen molar-refractivity contribution in [3.63, 3.8) is 0 Å². The van der Waals surface area contributed by atoms with Gasteiger partial charge < -0.3 is 10.5 Å². The van der Waals surface area contributed by atoms with Crippen LogP contribution in [0.2, 0.25) is 0 Å². The van der Waals surface area contributed by atoms with Gasteiger partial charge in [0.1, 0.15) is 12.2 Å². The first-order valence-electron chi connectivity index (χ1n) is 6.54. The standard InChI is InChI=1S/C12H22N4O/c13-9-12-14-10-15-16(12)6-2-1-3-11-4-7-17-8-5-11/h10-11H,1-9,13H2. The number of aromatic nitrogens is 3. The highest BCUT2D eigenvalue weighted by atomic mass is 16.5. The number of rotatable bonds is 6. The summed E-state index contributed by atoms with van der Waals surface area (Å²) >= 11 is 0. The maximum absolute atomic E-state index is 5.58. The largest absolute Gasteiger partial charge is 0.381 e. The Bertz CT molecular complexity index is 320. The number of hydrogen-bond donors (Lipinski definition) is 1. The van der Waals surface area contributed by atoms with Gasteiger partial charge in [0.15, 0.2) is 0 Å². The molecule has 2 heterocycles. The zero-order chi connectivity index (χ0) is 11.9. The minimum absolute atomic E-state index is 0.472. The van der Waals surface area contributed by atoms with E-state index >= 15 is 0 Å². The molecule has 2 N–H and O–H groups in total. The second-order valence-corrected chi connectivity index (χ2v) is 4.66. The average Bonchev–Trinajstić information content (AvgIpc) is 2.83. The maximum Gasteiger partial charge on any atom is 0.140 e. The highest BCUT2D eigenvalue weighted by Crippen LogP contribution is 2.20. The van der Waals surface area contributed by atoms with Crippen LogP contribution < -0.4 is 5.73 Å². The first-order valence-corrected chi connectivity index (χ1v) is 6.54. The first kappa shape index (κ1) is 12.5. The summed E-state index contributed by atoms with van der Waals surface area (Å²) in [6.07, 6.45) is 7.79. The Morgan fingerprint density at radius 2 is 2.18 bits per heavy atom. The van der Waals surface area contributed by atoms with Gasteiger partial charge >= 0.3 is 0 Å². The van der Waals surface area contributed by atoms with Gasteiger partial charge in [0.05, 0.1) is 6.54 Å². The number of unbranched alkanes of at least 4 members (excludes halogenated alkanes) is 1. The molecule has 0 radical (unpaired) electrons. The molecule has 5 heteroatoms. The van der Waals surface area contributed by atoms with Crippen molar-refractivity contribution < 1.29 is 4.74 Å². The Kier molecular flexibility index (Phi) is 4.94. The summed E-state index contributed by atoms with van der Waals surface area (Å²) in [6, 6.07) is 0. The molecule has 1 aliphatic heterocycles. The van der Waals surface area contributed by atoms with Gasteiger partial charge in [-0.2, -0.15) is 5.10 Å². The SMILES string of the molecule is NCc1ncnn1CCCCC1CCOCC1. The molecule has 0 unspecified atom stereocenters. The normalized spacial score (nSPS) is 17.5. The van der Waals surface area contributed by atoms with E-state index in [1.807, 2.05) is 4.68 Å². The smallest absolute Gasteiger partial charge is 0.140 e. The van der Waals surface area contributed by atoms with E-state index in [-0.39, 0.29) is 0 Å². The van der Waals surface area contributed by atoms with Crippen molar-refractivity contribution in [3.8, 4) is 0 Å². The van der Waals surface area contributed by atoms with Gasteiger partial charge in [-0.3, -0.25) is 0 Å². The minimum Gasteiger partial charge on any atom is -0.381 e. The summed E-state index contributed by atoms with van der Waals surface area (Å²) in [6.45, 7) is 3.31. The third kappa shape index (κ3) is 3.78. The molecule has 1 aromatic heterocycles. The van der Waals surface area contributed by atoms with Crippen LogP contribution in [0.1, 0.15) is 37.9 Å². The molecule has 1 saturated heterocycles. The molecule has 0 aliphatic carbocycles. The predicted octanol–water partition coefficient (Wildman–Crippen LogP) is 1.33. The summed E-state index contributed by atoms with van der Waals surface area (Å²) < 4.78 is 7.28. The molecule has 2 rings (SSSR count). The molecule has 1 aromatic rings. The highest BCUT2D eigenvalue weighted by Gasteiger charge is 2.13. The van der Waals surface area contributed by atoms with E-state index in [2.05, 4.69) is 10.1 Å². The molecule has 0 saturated carbocycles. The van der Waals surface area contributed by atoms with Gasteiger partial charge in [0, 0.05) is 19.8 Å². The second kappa shape index (κ2) is 6.71. The molecule has 0 bridgehead atoms. The lowest BCUT2D eigenvalue weighted by molar-refractivity contribution is 0.0630. The molecule has 96 valence electrons. The third-order valence-corrected chi connectivity index (χ3v) is 3.45. The number of hydrogen-bond acceptors (Lipinski definition) is 4. The Morgan fingerprint density at radius 3 is 2.94 bits per heavy atom. The highest BCUT2D eigenvalue weighted by molar-refractivity contribution is 4.82. The van der Waals surface area contributed by atoms with Crippen LogP contribution in [0.5, 0.6) is 0 Å². The molecule has 17 heavy (non-hydrogen) atoms. The van der Waals surface area contributed by atoms with Crippen LogP contribution in [0.4, 0.5) is 0 Å². The van der Waals surface area contributed by atoms with Gasteiger partial charge in [-0.05, 0) is 25.2 Å². The number of aryl methyl sites for hydroxylation is 1. The number of ether oxygens (including phenoxy) is 1. The van der Waals surface area contributed by atoms with Crippen molar-refractivity contribution in [2.24, 2.45) is 11.7 Å². The lowest BCUT2D eigenvalue weighted by Gasteiger charge is -2.21. The summed E-state index contributed by atoms with van der Waals surface area (Å²) in [7, 11) is 0. The minimum atomic E-state index is 0.472. The second-order valence-electron chi connectivity index (χ2n) is 4.66. The van der Waals surface area contributed by atoms with Crippen LogP contribution in [0.15, 0.2) is 6.33 Å². The van der Waals surface area contributed by atoms with Crippen LogP contribution in [-0.2, 0) is 17.8 Å². The molecule has 5 nitrogen and oxygen atoms in total. The van der Waals surface area contributed by atoms with Crippen LogP contribution in [0, 0.1) is 5.92 Å². The van der Waals surface area contributed by atoms with E-state index in [0.717, 1.165) is 37.9 Å². The van der Waals surface area contributed by atoms with Gasteiger partial charge in [-0.15, -0.1) is 0 Å². The summed E-state index contributed by atoms with van der Waals surface area (Å²) in [5.74, 6) is 1.75. The van der Waals surface area contributed by atoms with Crippen LogP contribution in [0.3, 0.4) is 0 Å². The quantitative estimate of drug-likeness (QED) is 0.759. The summed E-state index contributed by atoms with van der Waals surface area (Å²) in [5, 5.41) is 4.18. The van der Waals surface area contributed by atoms with E-state index in [1.54, 1.807) is 6.33 Å². The van der Waals surface area contributed by atoms with E-state index < -0.39 is 0 Å². The Hall–Kier alpha value is -0.940. The molecule has 0 spiro atoms. The van der Waals surface area contributed by atoms with Gasteiger partial charge in [-0.1, -0.05) is 12.8 Å². The van der Waals surface area contributed by atoms with Crippen molar-refractivity contribution in [2.75, 3.05) is 13.2 Å². The molecular weight excluding hydrogens is 216 g/mol. The fraction of sp³-hybridized carbons (Fsp3) is 0.833. The summed E-state index contributed by atoms with van der Waals surface area (Å²) in [5.41, 5.74) is 5.58. The number of nitrogens with two attached hydrogens (primary N) is 1.